The van der Waals surface area contributed by atoms with E-state index in [4.69, 9.17) is 4.74 Å². The molecular weight excluding hydrogens is 362 g/mol. The van der Waals surface area contributed by atoms with Crippen molar-refractivity contribution in [2.24, 2.45) is 0 Å². The molecule has 4 rings (SSSR count). The zero-order valence-electron chi connectivity index (χ0n) is 15.6. The van der Waals surface area contributed by atoms with Crippen LogP contribution in [0.2, 0.25) is 0 Å². The summed E-state index contributed by atoms with van der Waals surface area (Å²) in [7, 11) is 0. The van der Waals surface area contributed by atoms with Crippen molar-refractivity contribution in [3.05, 3.63) is 115 Å². The van der Waals surface area contributed by atoms with E-state index < -0.39 is 5.92 Å². The molecule has 0 aliphatic heterocycles. The largest absolute Gasteiger partial charge is 0.437 e. The molecule has 29 heavy (non-hydrogen) atoms. The van der Waals surface area contributed by atoms with Gasteiger partial charge in [-0.2, -0.15) is 0 Å². The van der Waals surface area contributed by atoms with Crippen LogP contribution in [-0.4, -0.2) is 15.9 Å². The van der Waals surface area contributed by atoms with Gasteiger partial charge in [-0.05, 0) is 23.3 Å². The maximum Gasteiger partial charge on any atom is 0.237 e. The third-order valence-electron chi connectivity index (χ3n) is 4.39. The summed E-state index contributed by atoms with van der Waals surface area (Å²) >= 11 is 0. The molecule has 4 aromatic rings. The Morgan fingerprint density at radius 2 is 1.52 bits per heavy atom. The van der Waals surface area contributed by atoms with Gasteiger partial charge < -0.3 is 10.1 Å². The van der Waals surface area contributed by atoms with Crippen molar-refractivity contribution in [1.82, 2.24) is 9.97 Å². The number of aromatic nitrogens is 2. The summed E-state index contributed by atoms with van der Waals surface area (Å²) in [5.41, 5.74) is 2.51. The Morgan fingerprint density at radius 3 is 2.14 bits per heavy atom. The lowest BCUT2D eigenvalue weighted by molar-refractivity contribution is -0.116. The van der Waals surface area contributed by atoms with Gasteiger partial charge in [0.05, 0.1) is 12.1 Å². The summed E-state index contributed by atoms with van der Waals surface area (Å²) in [5.74, 6) is 0.433. The minimum Gasteiger partial charge on any atom is -0.437 e. The fraction of sp³-hybridized carbons (Fsp3) is 0.0417. The van der Waals surface area contributed by atoms with E-state index in [2.05, 4.69) is 15.3 Å². The summed E-state index contributed by atoms with van der Waals surface area (Å²) in [6.45, 7) is 0. The lowest BCUT2D eigenvalue weighted by atomic mass is 9.90. The fourth-order valence-electron chi connectivity index (χ4n) is 3.10. The maximum absolute atomic E-state index is 13.2. The zero-order valence-corrected chi connectivity index (χ0v) is 15.6. The first-order chi connectivity index (χ1) is 14.3. The summed E-state index contributed by atoms with van der Waals surface area (Å²) in [5, 5.41) is 3.01. The van der Waals surface area contributed by atoms with Crippen molar-refractivity contribution in [1.29, 1.82) is 0 Å². The van der Waals surface area contributed by atoms with Crippen molar-refractivity contribution in [2.75, 3.05) is 5.32 Å². The molecule has 0 atom stereocenters. The lowest BCUT2D eigenvalue weighted by Crippen LogP contribution is -2.22. The summed E-state index contributed by atoms with van der Waals surface area (Å²) in [6.07, 6.45) is 4.67. The highest BCUT2D eigenvalue weighted by molar-refractivity contribution is 5.98. The van der Waals surface area contributed by atoms with Crippen LogP contribution in [0.5, 0.6) is 11.6 Å². The van der Waals surface area contributed by atoms with Crippen molar-refractivity contribution in [3.8, 4) is 11.6 Å². The predicted molar refractivity (Wildman–Crippen MR) is 112 cm³/mol. The second-order valence-corrected chi connectivity index (χ2v) is 6.42. The van der Waals surface area contributed by atoms with Crippen LogP contribution in [0.3, 0.4) is 0 Å². The Kier molecular flexibility index (Phi) is 5.58. The number of rotatable bonds is 6. The molecular formula is C24H19N3O2. The Balaban J connectivity index is 1.57. The molecule has 0 aliphatic carbocycles. The molecule has 0 unspecified atom stereocenters. The van der Waals surface area contributed by atoms with Crippen LogP contribution >= 0.6 is 0 Å². The number of hydrogen-bond donors (Lipinski definition) is 1. The number of nitrogens with one attached hydrogen (secondary N) is 1. The van der Waals surface area contributed by atoms with Gasteiger partial charge >= 0.3 is 0 Å². The molecule has 0 saturated carbocycles. The molecule has 1 aromatic heterocycles. The highest BCUT2D eigenvalue weighted by Crippen LogP contribution is 2.28. The quantitative estimate of drug-likeness (QED) is 0.508. The second kappa shape index (κ2) is 8.80. The van der Waals surface area contributed by atoms with Crippen LogP contribution in [0, 0.1) is 0 Å². The number of hydrogen-bond acceptors (Lipinski definition) is 4. The van der Waals surface area contributed by atoms with Gasteiger partial charge in [0.25, 0.3) is 0 Å². The van der Waals surface area contributed by atoms with Crippen molar-refractivity contribution < 1.29 is 9.53 Å². The van der Waals surface area contributed by atoms with Gasteiger partial charge in [-0.15, -0.1) is 0 Å². The highest BCUT2D eigenvalue weighted by Gasteiger charge is 2.22. The van der Waals surface area contributed by atoms with Crippen LogP contribution in [0.25, 0.3) is 0 Å². The molecule has 1 heterocycles. The first-order valence-electron chi connectivity index (χ1n) is 9.24. The van der Waals surface area contributed by atoms with Gasteiger partial charge in [-0.3, -0.25) is 9.78 Å². The van der Waals surface area contributed by atoms with E-state index >= 15 is 0 Å². The molecule has 0 aliphatic rings. The third kappa shape index (κ3) is 4.65. The molecule has 1 N–H and O–H groups in total. The van der Waals surface area contributed by atoms with Crippen LogP contribution in [0.4, 0.5) is 5.69 Å². The van der Waals surface area contributed by atoms with E-state index in [0.717, 1.165) is 11.1 Å². The molecule has 3 aromatic carbocycles. The first-order valence-corrected chi connectivity index (χ1v) is 9.24. The number of anilines is 1. The zero-order chi connectivity index (χ0) is 19.9. The summed E-state index contributed by atoms with van der Waals surface area (Å²) in [6, 6.07) is 26.7. The number of carbonyl (C=O) groups excluding carboxylic acids is 1. The molecule has 1 amide bonds. The Labute approximate surface area is 169 Å². The fourth-order valence-corrected chi connectivity index (χ4v) is 3.10. The van der Waals surface area contributed by atoms with Crippen molar-refractivity contribution >= 4 is 11.6 Å². The molecule has 0 bridgehead atoms. The van der Waals surface area contributed by atoms with Gasteiger partial charge in [0, 0.05) is 24.1 Å². The van der Waals surface area contributed by atoms with E-state index in [1.165, 1.54) is 6.20 Å². The Hall–Kier alpha value is -3.99. The average molecular weight is 381 g/mol. The molecule has 5 nitrogen and oxygen atoms in total. The van der Waals surface area contributed by atoms with Gasteiger partial charge in [0.15, 0.2) is 0 Å². The van der Waals surface area contributed by atoms with Gasteiger partial charge in [0.2, 0.25) is 11.8 Å². The van der Waals surface area contributed by atoms with Crippen LogP contribution in [-0.2, 0) is 4.79 Å². The third-order valence-corrected chi connectivity index (χ3v) is 4.39. The van der Waals surface area contributed by atoms with E-state index in [1.807, 2.05) is 72.8 Å². The molecule has 0 saturated heterocycles. The van der Waals surface area contributed by atoms with Crippen molar-refractivity contribution in [3.63, 3.8) is 0 Å². The van der Waals surface area contributed by atoms with E-state index in [1.54, 1.807) is 24.5 Å². The number of amides is 1. The van der Waals surface area contributed by atoms with Crippen LogP contribution < -0.4 is 10.1 Å². The number of ether oxygens (including phenoxy) is 1. The van der Waals surface area contributed by atoms with Gasteiger partial charge in [-0.25, -0.2) is 4.98 Å². The average Bonchev–Trinajstić information content (AvgIpc) is 2.76. The summed E-state index contributed by atoms with van der Waals surface area (Å²) < 4.78 is 5.71. The Morgan fingerprint density at radius 1 is 0.828 bits per heavy atom. The number of carbonyl (C=O) groups is 1. The summed E-state index contributed by atoms with van der Waals surface area (Å²) in [4.78, 5) is 21.3. The van der Waals surface area contributed by atoms with Crippen molar-refractivity contribution in [2.45, 2.75) is 5.92 Å². The number of benzene rings is 3. The van der Waals surface area contributed by atoms with Crippen LogP contribution in [0.1, 0.15) is 17.0 Å². The number of nitrogens with zero attached hydrogens (tertiary/aromatic N) is 2. The molecule has 0 radical (unpaired) electrons. The topological polar surface area (TPSA) is 64.1 Å². The molecule has 5 heteroatoms. The normalized spacial score (nSPS) is 10.5. The highest BCUT2D eigenvalue weighted by atomic mass is 16.5. The van der Waals surface area contributed by atoms with Gasteiger partial charge in [0.1, 0.15) is 5.75 Å². The smallest absolute Gasteiger partial charge is 0.237 e. The SMILES string of the molecule is O=C(Nc1cccc(Oc2cnccn2)c1)C(c1ccccc1)c1ccccc1. The maximum atomic E-state index is 13.2. The van der Waals surface area contributed by atoms with E-state index in [9.17, 15) is 4.79 Å². The standard InChI is InChI=1S/C24H19N3O2/c28-24(23(18-8-3-1-4-9-18)19-10-5-2-6-11-19)27-20-12-7-13-21(16-20)29-22-17-25-14-15-26-22/h1-17,23H,(H,27,28). The molecule has 0 spiro atoms. The molecule has 142 valence electrons. The van der Waals surface area contributed by atoms with E-state index in [0.29, 0.717) is 17.3 Å². The van der Waals surface area contributed by atoms with Gasteiger partial charge in [-0.1, -0.05) is 66.7 Å². The van der Waals surface area contributed by atoms with Crippen LogP contribution in [0.15, 0.2) is 104 Å². The predicted octanol–water partition coefficient (Wildman–Crippen LogP) is 5.04. The minimum atomic E-state index is -0.415. The monoisotopic (exact) mass is 381 g/mol. The second-order valence-electron chi connectivity index (χ2n) is 6.42. The first kappa shape index (κ1) is 18.4. The Bertz CT molecular complexity index is 1030. The lowest BCUT2D eigenvalue weighted by Gasteiger charge is -2.18. The van der Waals surface area contributed by atoms with E-state index in [-0.39, 0.29) is 5.91 Å². The molecule has 0 fully saturated rings. The minimum absolute atomic E-state index is 0.112.